The number of amides is 2. The maximum absolute atomic E-state index is 13.4. The van der Waals surface area contributed by atoms with Crippen LogP contribution in [-0.4, -0.2) is 58.0 Å². The van der Waals surface area contributed by atoms with E-state index in [0.717, 1.165) is 24.3 Å². The molecule has 0 saturated carbocycles. The molecule has 2 fully saturated rings. The average Bonchev–Trinajstić information content (AvgIpc) is 3.00. The van der Waals surface area contributed by atoms with Crippen LogP contribution in [0.15, 0.2) is 60.7 Å². The predicted octanol–water partition coefficient (Wildman–Crippen LogP) is 7.28. The number of carbonyl (C=O) groups is 2. The van der Waals surface area contributed by atoms with Gasteiger partial charge in [0.15, 0.2) is 0 Å². The first-order valence-electron chi connectivity index (χ1n) is 14.3. The van der Waals surface area contributed by atoms with Crippen LogP contribution in [0.1, 0.15) is 68.7 Å². The van der Waals surface area contributed by atoms with E-state index in [1.807, 2.05) is 0 Å². The van der Waals surface area contributed by atoms with E-state index in [9.17, 15) is 46.1 Å². The summed E-state index contributed by atoms with van der Waals surface area (Å²) in [4.78, 5) is 29.5. The summed E-state index contributed by atoms with van der Waals surface area (Å²) in [5, 5.41) is 21.3. The van der Waals surface area contributed by atoms with Crippen molar-refractivity contribution >= 4 is 35.0 Å². The quantitative estimate of drug-likeness (QED) is 0.283. The van der Waals surface area contributed by atoms with Crippen molar-refractivity contribution in [3.05, 3.63) is 104 Å². The van der Waals surface area contributed by atoms with E-state index < -0.39 is 56.5 Å². The van der Waals surface area contributed by atoms with Gasteiger partial charge in [0.25, 0.3) is 11.8 Å². The van der Waals surface area contributed by atoms with Crippen LogP contribution in [0, 0.1) is 0 Å². The standard InChI is InChI=1S/C32H28Cl2F6N2O4/c33-25-6-4-21(17-23(25)31(35,36)37)29(45)8-12-41(13-9-29)27(43)19-2-1-3-20(16-19)28(44)42-14-10-30(46,11-15-42)22-5-7-26(34)24(18-22)32(38,39)40/h1-7,16-18,45-46H,8-15H2. The minimum atomic E-state index is -4.70. The SMILES string of the molecule is O=C(c1cccc(C(=O)N2CCC(O)(c3ccc(Cl)c(C(F)(F)F)c3)CC2)c1)N1CCC(O)(c2ccc(Cl)c(C(F)(F)F)c2)CC1. The van der Waals surface area contributed by atoms with Gasteiger partial charge in [-0.3, -0.25) is 9.59 Å². The second-order valence-electron chi connectivity index (χ2n) is 11.6. The number of nitrogens with zero attached hydrogens (tertiary/aromatic N) is 2. The number of benzene rings is 3. The van der Waals surface area contributed by atoms with Gasteiger partial charge in [0.1, 0.15) is 0 Å². The summed E-state index contributed by atoms with van der Waals surface area (Å²) in [6.45, 7) is 0.178. The molecule has 6 nitrogen and oxygen atoms in total. The highest BCUT2D eigenvalue weighted by Crippen LogP contribution is 2.41. The highest BCUT2D eigenvalue weighted by atomic mass is 35.5. The number of alkyl halides is 6. The Labute approximate surface area is 270 Å². The Morgan fingerprint density at radius 2 is 0.957 bits per heavy atom. The molecule has 2 aliphatic heterocycles. The van der Waals surface area contributed by atoms with Crippen molar-refractivity contribution in [1.82, 2.24) is 9.80 Å². The average molecular weight is 689 g/mol. The molecule has 2 heterocycles. The van der Waals surface area contributed by atoms with E-state index in [2.05, 4.69) is 0 Å². The number of halogens is 8. The molecule has 14 heteroatoms. The first kappa shape index (κ1) is 34.0. The summed E-state index contributed by atoms with van der Waals surface area (Å²) in [6.07, 6.45) is -9.49. The van der Waals surface area contributed by atoms with Crippen molar-refractivity contribution in [2.75, 3.05) is 26.2 Å². The first-order chi connectivity index (χ1) is 21.4. The van der Waals surface area contributed by atoms with Crippen molar-refractivity contribution in [3.8, 4) is 0 Å². The number of hydrogen-bond donors (Lipinski definition) is 2. The van der Waals surface area contributed by atoms with Crippen LogP contribution >= 0.6 is 23.2 Å². The van der Waals surface area contributed by atoms with Crippen LogP contribution < -0.4 is 0 Å². The molecule has 2 saturated heterocycles. The molecule has 0 bridgehead atoms. The van der Waals surface area contributed by atoms with Gasteiger partial charge >= 0.3 is 12.4 Å². The number of carbonyl (C=O) groups excluding carboxylic acids is 2. The van der Waals surface area contributed by atoms with Gasteiger partial charge in [-0.05, 0) is 79.3 Å². The van der Waals surface area contributed by atoms with Crippen LogP contribution in [0.3, 0.4) is 0 Å². The summed E-state index contributed by atoms with van der Waals surface area (Å²) in [5.41, 5.74) is -4.83. The van der Waals surface area contributed by atoms with Crippen molar-refractivity contribution in [3.63, 3.8) is 0 Å². The minimum Gasteiger partial charge on any atom is -0.385 e. The summed E-state index contributed by atoms with van der Waals surface area (Å²) in [6, 6.07) is 12.5. The van der Waals surface area contributed by atoms with Gasteiger partial charge in [0, 0.05) is 37.3 Å². The van der Waals surface area contributed by atoms with Crippen LogP contribution in [0.25, 0.3) is 0 Å². The normalized spacial score (nSPS) is 18.4. The molecular weight excluding hydrogens is 661 g/mol. The summed E-state index contributed by atoms with van der Waals surface area (Å²) in [7, 11) is 0. The summed E-state index contributed by atoms with van der Waals surface area (Å²) in [5.74, 6) is -0.861. The van der Waals surface area contributed by atoms with Gasteiger partial charge in [-0.2, -0.15) is 26.3 Å². The van der Waals surface area contributed by atoms with E-state index in [1.165, 1.54) is 46.2 Å². The topological polar surface area (TPSA) is 81.1 Å². The van der Waals surface area contributed by atoms with Crippen molar-refractivity contribution in [1.29, 1.82) is 0 Å². The van der Waals surface area contributed by atoms with Crippen molar-refractivity contribution < 1.29 is 46.1 Å². The zero-order chi connectivity index (χ0) is 33.7. The van der Waals surface area contributed by atoms with Crippen LogP contribution in [0.2, 0.25) is 10.0 Å². The highest BCUT2D eigenvalue weighted by molar-refractivity contribution is 6.31. The number of rotatable bonds is 4. The Balaban J connectivity index is 1.23. The molecule has 3 aromatic carbocycles. The zero-order valence-corrected chi connectivity index (χ0v) is 25.6. The zero-order valence-electron chi connectivity index (χ0n) is 24.1. The third kappa shape index (κ3) is 6.85. The lowest BCUT2D eigenvalue weighted by atomic mass is 9.83. The Morgan fingerprint density at radius 3 is 1.28 bits per heavy atom. The van der Waals surface area contributed by atoms with E-state index in [1.54, 1.807) is 0 Å². The first-order valence-corrected chi connectivity index (χ1v) is 15.0. The lowest BCUT2D eigenvalue weighted by molar-refractivity contribution is -0.138. The molecule has 3 aromatic rings. The number of hydrogen-bond acceptors (Lipinski definition) is 4. The number of likely N-dealkylation sites (tertiary alicyclic amines) is 2. The Morgan fingerprint density at radius 1 is 0.609 bits per heavy atom. The van der Waals surface area contributed by atoms with Gasteiger partial charge in [-0.1, -0.05) is 41.4 Å². The van der Waals surface area contributed by atoms with Crippen LogP contribution in [-0.2, 0) is 23.6 Å². The Kier molecular flexibility index (Phi) is 9.15. The van der Waals surface area contributed by atoms with Crippen molar-refractivity contribution in [2.24, 2.45) is 0 Å². The molecule has 5 rings (SSSR count). The largest absolute Gasteiger partial charge is 0.417 e. The molecule has 0 radical (unpaired) electrons. The third-order valence-electron chi connectivity index (χ3n) is 8.73. The molecule has 0 spiro atoms. The molecule has 2 amide bonds. The lowest BCUT2D eigenvalue weighted by Crippen LogP contribution is -2.46. The fourth-order valence-electron chi connectivity index (χ4n) is 5.95. The molecule has 2 aliphatic rings. The fourth-order valence-corrected chi connectivity index (χ4v) is 6.40. The van der Waals surface area contributed by atoms with Gasteiger partial charge in [-0.15, -0.1) is 0 Å². The number of piperidine rings is 2. The molecule has 0 atom stereocenters. The van der Waals surface area contributed by atoms with E-state index in [0.29, 0.717) is 0 Å². The third-order valence-corrected chi connectivity index (χ3v) is 9.39. The summed E-state index contributed by atoms with van der Waals surface area (Å²) >= 11 is 11.4. The smallest absolute Gasteiger partial charge is 0.385 e. The molecule has 46 heavy (non-hydrogen) atoms. The van der Waals surface area contributed by atoms with Crippen molar-refractivity contribution in [2.45, 2.75) is 49.2 Å². The summed E-state index contributed by atoms with van der Waals surface area (Å²) < 4.78 is 80.1. The van der Waals surface area contributed by atoms with Crippen LogP contribution in [0.5, 0.6) is 0 Å². The van der Waals surface area contributed by atoms with Gasteiger partial charge in [-0.25, -0.2) is 0 Å². The monoisotopic (exact) mass is 688 g/mol. The molecular formula is C32H28Cl2F6N2O4. The molecule has 0 aromatic heterocycles. The molecule has 2 N–H and O–H groups in total. The van der Waals surface area contributed by atoms with E-state index >= 15 is 0 Å². The molecule has 246 valence electrons. The second-order valence-corrected chi connectivity index (χ2v) is 12.4. The van der Waals surface area contributed by atoms with Crippen LogP contribution in [0.4, 0.5) is 26.3 Å². The fraction of sp³-hybridized carbons (Fsp3) is 0.375. The Bertz CT molecular complexity index is 1530. The van der Waals surface area contributed by atoms with Gasteiger partial charge in [0.2, 0.25) is 0 Å². The lowest BCUT2D eigenvalue weighted by Gasteiger charge is -2.39. The number of aliphatic hydroxyl groups is 2. The molecule has 0 unspecified atom stereocenters. The second kappa shape index (κ2) is 12.4. The predicted molar refractivity (Wildman–Crippen MR) is 157 cm³/mol. The maximum atomic E-state index is 13.4. The van der Waals surface area contributed by atoms with Gasteiger partial charge in [0.05, 0.1) is 32.4 Å². The van der Waals surface area contributed by atoms with E-state index in [-0.39, 0.29) is 74.1 Å². The maximum Gasteiger partial charge on any atom is 0.417 e. The Hall–Kier alpha value is -3.32. The van der Waals surface area contributed by atoms with E-state index in [4.69, 9.17) is 23.2 Å². The molecule has 0 aliphatic carbocycles. The highest BCUT2D eigenvalue weighted by Gasteiger charge is 2.41. The minimum absolute atomic E-state index is 0.0228. The van der Waals surface area contributed by atoms with Gasteiger partial charge < -0.3 is 20.0 Å².